The summed E-state index contributed by atoms with van der Waals surface area (Å²) in [5.41, 5.74) is 0.489. The van der Waals surface area contributed by atoms with E-state index in [-0.39, 0.29) is 0 Å². The highest BCUT2D eigenvalue weighted by molar-refractivity contribution is 5.04. The van der Waals surface area contributed by atoms with Crippen LogP contribution in [-0.4, -0.2) is 20.8 Å². The van der Waals surface area contributed by atoms with Gasteiger partial charge in [0.05, 0.1) is 6.04 Å². The van der Waals surface area contributed by atoms with Crippen LogP contribution in [0.4, 0.5) is 0 Å². The molecule has 0 bridgehead atoms. The van der Waals surface area contributed by atoms with Crippen LogP contribution in [0.2, 0.25) is 0 Å². The smallest absolute Gasteiger partial charge is 0.149 e. The molecule has 106 valence electrons. The third-order valence-electron chi connectivity index (χ3n) is 4.72. The summed E-state index contributed by atoms with van der Waals surface area (Å²) >= 11 is 0. The van der Waals surface area contributed by atoms with Gasteiger partial charge in [-0.2, -0.15) is 0 Å². The van der Waals surface area contributed by atoms with Gasteiger partial charge in [-0.25, -0.2) is 0 Å². The second-order valence-corrected chi connectivity index (χ2v) is 7.08. The highest BCUT2D eigenvalue weighted by Gasteiger charge is 2.30. The van der Waals surface area contributed by atoms with Gasteiger partial charge in [-0.15, -0.1) is 10.2 Å². The SMILES string of the molecule is CC(NC1CCCC(C)(C)C1)c1nnc2n1CCC2. The Labute approximate surface area is 116 Å². The van der Waals surface area contributed by atoms with Crippen LogP contribution in [0, 0.1) is 5.41 Å². The van der Waals surface area contributed by atoms with E-state index in [4.69, 9.17) is 0 Å². The van der Waals surface area contributed by atoms with Crippen LogP contribution >= 0.6 is 0 Å². The van der Waals surface area contributed by atoms with Crippen molar-refractivity contribution < 1.29 is 0 Å². The Kier molecular flexibility index (Phi) is 3.37. The van der Waals surface area contributed by atoms with Crippen LogP contribution in [0.5, 0.6) is 0 Å². The number of aromatic nitrogens is 3. The second kappa shape index (κ2) is 4.89. The molecule has 19 heavy (non-hydrogen) atoms. The normalized spacial score (nSPS) is 27.2. The number of rotatable bonds is 3. The lowest BCUT2D eigenvalue weighted by Gasteiger charge is -2.36. The van der Waals surface area contributed by atoms with E-state index in [1.807, 2.05) is 0 Å². The molecule has 1 aromatic rings. The van der Waals surface area contributed by atoms with Crippen molar-refractivity contribution in [3.05, 3.63) is 11.6 Å². The Hall–Kier alpha value is -0.900. The molecule has 0 saturated heterocycles. The number of aryl methyl sites for hydroxylation is 1. The summed E-state index contributed by atoms with van der Waals surface area (Å²) in [6.07, 6.45) is 7.60. The first kappa shape index (κ1) is 13.1. The fourth-order valence-corrected chi connectivity index (χ4v) is 3.76. The first-order chi connectivity index (χ1) is 9.05. The van der Waals surface area contributed by atoms with Crippen molar-refractivity contribution in [2.45, 2.75) is 77.9 Å². The van der Waals surface area contributed by atoms with E-state index in [1.165, 1.54) is 37.9 Å². The summed E-state index contributed by atoms with van der Waals surface area (Å²) < 4.78 is 2.31. The van der Waals surface area contributed by atoms with Crippen LogP contribution in [-0.2, 0) is 13.0 Å². The van der Waals surface area contributed by atoms with Crippen molar-refractivity contribution in [2.24, 2.45) is 5.41 Å². The monoisotopic (exact) mass is 262 g/mol. The van der Waals surface area contributed by atoms with E-state index >= 15 is 0 Å². The quantitative estimate of drug-likeness (QED) is 0.911. The Morgan fingerprint density at radius 3 is 2.95 bits per heavy atom. The van der Waals surface area contributed by atoms with Crippen molar-refractivity contribution in [3.8, 4) is 0 Å². The minimum Gasteiger partial charge on any atom is -0.314 e. The molecule has 2 unspecified atom stereocenters. The van der Waals surface area contributed by atoms with Crippen molar-refractivity contribution in [2.75, 3.05) is 0 Å². The van der Waals surface area contributed by atoms with Gasteiger partial charge < -0.3 is 9.88 Å². The van der Waals surface area contributed by atoms with Gasteiger partial charge >= 0.3 is 0 Å². The van der Waals surface area contributed by atoms with Crippen LogP contribution < -0.4 is 5.32 Å². The molecule has 4 nitrogen and oxygen atoms in total. The van der Waals surface area contributed by atoms with Crippen molar-refractivity contribution in [1.82, 2.24) is 20.1 Å². The number of hydrogen-bond donors (Lipinski definition) is 1. The summed E-state index contributed by atoms with van der Waals surface area (Å²) in [5, 5.41) is 12.5. The fraction of sp³-hybridized carbons (Fsp3) is 0.867. The number of fused-ring (bicyclic) bond motifs is 1. The molecular weight excluding hydrogens is 236 g/mol. The molecule has 2 aliphatic rings. The summed E-state index contributed by atoms with van der Waals surface area (Å²) in [6, 6.07) is 0.950. The molecule has 3 rings (SSSR count). The lowest BCUT2D eigenvalue weighted by molar-refractivity contribution is 0.189. The van der Waals surface area contributed by atoms with E-state index in [0.29, 0.717) is 17.5 Å². The highest BCUT2D eigenvalue weighted by Crippen LogP contribution is 2.36. The number of nitrogens with zero attached hydrogens (tertiary/aromatic N) is 3. The predicted octanol–water partition coefficient (Wildman–Crippen LogP) is 2.84. The minimum atomic E-state index is 0.318. The van der Waals surface area contributed by atoms with Crippen LogP contribution in [0.3, 0.4) is 0 Å². The van der Waals surface area contributed by atoms with Crippen LogP contribution in [0.15, 0.2) is 0 Å². The molecule has 0 amide bonds. The molecule has 1 saturated carbocycles. The van der Waals surface area contributed by atoms with E-state index in [0.717, 1.165) is 18.8 Å². The molecule has 1 N–H and O–H groups in total. The Morgan fingerprint density at radius 2 is 2.16 bits per heavy atom. The number of nitrogens with one attached hydrogen (secondary N) is 1. The fourth-order valence-electron chi connectivity index (χ4n) is 3.76. The minimum absolute atomic E-state index is 0.318. The summed E-state index contributed by atoms with van der Waals surface area (Å²) in [5.74, 6) is 2.31. The van der Waals surface area contributed by atoms with Gasteiger partial charge in [0.15, 0.2) is 0 Å². The van der Waals surface area contributed by atoms with Gasteiger partial charge in [0.25, 0.3) is 0 Å². The lowest BCUT2D eigenvalue weighted by atomic mass is 9.75. The molecule has 1 aromatic heterocycles. The van der Waals surface area contributed by atoms with Crippen LogP contribution in [0.25, 0.3) is 0 Å². The summed E-state index contributed by atoms with van der Waals surface area (Å²) in [6.45, 7) is 8.11. The molecule has 2 heterocycles. The van der Waals surface area contributed by atoms with Gasteiger partial charge in [-0.3, -0.25) is 0 Å². The Bertz CT molecular complexity index is 449. The van der Waals surface area contributed by atoms with E-state index < -0.39 is 0 Å². The van der Waals surface area contributed by atoms with Crippen molar-refractivity contribution in [3.63, 3.8) is 0 Å². The van der Waals surface area contributed by atoms with Gasteiger partial charge in [-0.05, 0) is 38.0 Å². The van der Waals surface area contributed by atoms with Gasteiger partial charge in [0.2, 0.25) is 0 Å². The summed E-state index contributed by atoms with van der Waals surface area (Å²) in [4.78, 5) is 0. The topological polar surface area (TPSA) is 42.7 Å². The first-order valence-electron chi connectivity index (χ1n) is 7.73. The van der Waals surface area contributed by atoms with E-state index in [9.17, 15) is 0 Å². The zero-order valence-electron chi connectivity index (χ0n) is 12.4. The molecule has 2 atom stereocenters. The standard InChI is InChI=1S/C15H26N4/c1-11(14-18-17-13-7-5-9-19(13)14)16-12-6-4-8-15(2,3)10-12/h11-12,16H,4-10H2,1-3H3. The molecule has 1 aliphatic heterocycles. The van der Waals surface area contributed by atoms with Gasteiger partial charge in [-0.1, -0.05) is 20.3 Å². The zero-order chi connectivity index (χ0) is 13.5. The third-order valence-corrected chi connectivity index (χ3v) is 4.72. The van der Waals surface area contributed by atoms with Crippen molar-refractivity contribution >= 4 is 0 Å². The van der Waals surface area contributed by atoms with Gasteiger partial charge in [0, 0.05) is 19.0 Å². The van der Waals surface area contributed by atoms with E-state index in [1.54, 1.807) is 0 Å². The molecule has 0 aromatic carbocycles. The molecule has 0 radical (unpaired) electrons. The van der Waals surface area contributed by atoms with Crippen LogP contribution in [0.1, 0.15) is 70.6 Å². The molecule has 1 fully saturated rings. The molecule has 1 aliphatic carbocycles. The maximum atomic E-state index is 4.39. The largest absolute Gasteiger partial charge is 0.314 e. The average Bonchev–Trinajstić information content (AvgIpc) is 2.88. The Balaban J connectivity index is 1.66. The zero-order valence-corrected chi connectivity index (χ0v) is 12.4. The third kappa shape index (κ3) is 2.69. The molecule has 0 spiro atoms. The second-order valence-electron chi connectivity index (χ2n) is 7.08. The lowest BCUT2D eigenvalue weighted by Crippen LogP contribution is -2.39. The number of hydrogen-bond acceptors (Lipinski definition) is 3. The highest BCUT2D eigenvalue weighted by atomic mass is 15.3. The maximum Gasteiger partial charge on any atom is 0.149 e. The van der Waals surface area contributed by atoms with E-state index in [2.05, 4.69) is 40.9 Å². The van der Waals surface area contributed by atoms with Gasteiger partial charge in [0.1, 0.15) is 11.6 Å². The first-order valence-corrected chi connectivity index (χ1v) is 7.73. The maximum absolute atomic E-state index is 4.39. The summed E-state index contributed by atoms with van der Waals surface area (Å²) in [7, 11) is 0. The molecular formula is C15H26N4. The van der Waals surface area contributed by atoms with Crippen molar-refractivity contribution in [1.29, 1.82) is 0 Å². The predicted molar refractivity (Wildman–Crippen MR) is 75.9 cm³/mol. The molecule has 4 heteroatoms. The Morgan fingerprint density at radius 1 is 1.32 bits per heavy atom. The average molecular weight is 262 g/mol.